The molecule has 16 nitrogen and oxygen atoms in total. The molecule has 4 saturated carbocycles. The summed E-state index contributed by atoms with van der Waals surface area (Å²) >= 11 is -13.9. The molecule has 4 aromatic rings. The summed E-state index contributed by atoms with van der Waals surface area (Å²) in [5, 5.41) is 0. The second-order valence-electron chi connectivity index (χ2n) is 34.0. The van der Waals surface area contributed by atoms with Gasteiger partial charge >= 0.3 is 597 Å². The van der Waals surface area contributed by atoms with Crippen LogP contribution in [0.1, 0.15) is 227 Å². The molecule has 0 aromatic heterocycles. The van der Waals surface area contributed by atoms with Crippen molar-refractivity contribution >= 4 is 130 Å². The van der Waals surface area contributed by atoms with Gasteiger partial charge in [-0.15, -0.1) is 0 Å². The molecule has 0 amide bonds. The van der Waals surface area contributed by atoms with E-state index in [9.17, 15) is 38.4 Å². The third kappa shape index (κ3) is 17.9. The number of rotatable bonds is 16. The normalized spacial score (nSPS) is 21.4. The summed E-state index contributed by atoms with van der Waals surface area (Å²) in [7, 11) is 0. The fraction of sp³-hybridized carbons (Fsp3) is 0.568. The average Bonchev–Trinajstić information content (AvgIpc) is 0.667. The number of carbonyl (C=O) groups excluding carboxylic acids is 8. The van der Waals surface area contributed by atoms with Gasteiger partial charge in [0, 0.05) is 0 Å². The molecule has 4 bridgehead atoms. The quantitative estimate of drug-likeness (QED) is 0.0955. The van der Waals surface area contributed by atoms with Gasteiger partial charge in [0.15, 0.2) is 0 Å². The van der Waals surface area contributed by atoms with Crippen molar-refractivity contribution in [3.05, 3.63) is 134 Å². The first kappa shape index (κ1) is 76.9. The Balaban J connectivity index is 1.50. The first-order valence-corrected chi connectivity index (χ1v) is 43.1. The van der Waals surface area contributed by atoms with Crippen molar-refractivity contribution in [1.82, 2.24) is 0 Å². The van der Waals surface area contributed by atoms with Gasteiger partial charge in [-0.1, -0.05) is 0 Å². The number of hydrogen-bond acceptors (Lipinski definition) is 16. The second kappa shape index (κ2) is 27.3. The van der Waals surface area contributed by atoms with Gasteiger partial charge in [-0.05, 0) is 0 Å². The molecule has 0 aliphatic heterocycles. The Morgan fingerprint density at radius 3 is 0.426 bits per heavy atom. The van der Waals surface area contributed by atoms with Crippen LogP contribution >= 0.6 is 82.6 Å². The van der Waals surface area contributed by atoms with Gasteiger partial charge < -0.3 is 0 Å². The molecular formula is C74H100I4O16. The van der Waals surface area contributed by atoms with Crippen molar-refractivity contribution < 1.29 is 62.9 Å². The Hall–Kier alpha value is -4.44. The van der Waals surface area contributed by atoms with Crippen molar-refractivity contribution in [3.8, 4) is 0 Å². The fourth-order valence-electron chi connectivity index (χ4n) is 11.3. The molecule has 20 heteroatoms. The van der Waals surface area contributed by atoms with Crippen LogP contribution in [0.5, 0.6) is 0 Å². The van der Waals surface area contributed by atoms with Gasteiger partial charge in [-0.2, -0.15) is 0 Å². The van der Waals surface area contributed by atoms with E-state index in [1.54, 1.807) is 166 Å². The molecule has 520 valence electrons. The van der Waals surface area contributed by atoms with E-state index in [-0.39, 0.29) is 0 Å². The zero-order chi connectivity index (χ0) is 70.8. The first-order valence-electron chi connectivity index (χ1n) is 31.8. The topological polar surface area (TPSA) is 210 Å². The molecule has 0 heterocycles. The molecule has 0 saturated heterocycles. The van der Waals surface area contributed by atoms with E-state index in [2.05, 4.69) is 48.5 Å². The summed E-state index contributed by atoms with van der Waals surface area (Å²) in [4.78, 5) is 109. The SMILES string of the molecule is CC(C)(C)C(=O)OI(OC(=O)C(C)(C)C)c1ccc(C23CC4(c5ccc(I(OC(=O)C(C)(C)C)OC(=O)C(C)(C)C)cc5)CC(c5ccc(I(OC(=O)C(C)(C)C)OC(=O)C(C)(C)C)cc5)(C2)CC(c2ccc(I(OC(=O)C(C)(C)C)OC(=O)C(C)(C)C)cc2)(C3)C4)cc1. The summed E-state index contributed by atoms with van der Waals surface area (Å²) in [6, 6.07) is 32.4. The van der Waals surface area contributed by atoms with Gasteiger partial charge in [-0.3, -0.25) is 0 Å². The predicted molar refractivity (Wildman–Crippen MR) is 395 cm³/mol. The van der Waals surface area contributed by atoms with Gasteiger partial charge in [-0.25, -0.2) is 0 Å². The van der Waals surface area contributed by atoms with Gasteiger partial charge in [0.1, 0.15) is 0 Å². The van der Waals surface area contributed by atoms with E-state index in [0.29, 0.717) is 52.8 Å². The van der Waals surface area contributed by atoms with E-state index < -0.39 is 195 Å². The zero-order valence-electron chi connectivity index (χ0n) is 59.5. The number of hydrogen-bond donors (Lipinski definition) is 0. The Morgan fingerprint density at radius 2 is 0.330 bits per heavy atom. The standard InChI is InChI=1S/C74H100I4O16/c1-63(2,3)55(79)87-75(88-56(80)64(4,5)6)51-33-25-47(26-34-51)71-41-72(48-27-35-52(36-28-48)76(89-57(81)65(7,8)9)90-58(82)66(10,11)12)44-73(42-71,49-29-37-53(38-30-49)77(91-59(83)67(13,14)15)92-60(84)68(16,17)18)46-74(43-71,45-72)50-31-39-54(40-32-50)78(93-61(85)69(19,20)21)94-62(86)70(22,23)24/h25-40H,41-46H2,1-24H3. The van der Waals surface area contributed by atoms with Gasteiger partial charge in [0.2, 0.25) is 0 Å². The molecule has 0 N–H and O–H groups in total. The Morgan fingerprint density at radius 1 is 0.223 bits per heavy atom. The average molecular weight is 1750 g/mol. The van der Waals surface area contributed by atoms with Crippen LogP contribution in [-0.2, 0) is 84.5 Å². The van der Waals surface area contributed by atoms with Crippen LogP contribution in [0.25, 0.3) is 0 Å². The van der Waals surface area contributed by atoms with Gasteiger partial charge in [0.05, 0.1) is 0 Å². The minimum atomic E-state index is -3.46. The molecule has 4 aromatic carbocycles. The van der Waals surface area contributed by atoms with Crippen LogP contribution in [0, 0.1) is 57.6 Å². The van der Waals surface area contributed by atoms with Crippen molar-refractivity contribution in [2.45, 2.75) is 226 Å². The monoisotopic (exact) mass is 1750 g/mol. The van der Waals surface area contributed by atoms with Crippen molar-refractivity contribution in [2.75, 3.05) is 0 Å². The number of benzene rings is 4. The summed E-state index contributed by atoms with van der Waals surface area (Å²) in [6.07, 6.45) is 4.09. The summed E-state index contributed by atoms with van der Waals surface area (Å²) < 4.78 is 52.1. The molecule has 94 heavy (non-hydrogen) atoms. The van der Waals surface area contributed by atoms with E-state index in [4.69, 9.17) is 24.5 Å². The number of carbonyl (C=O) groups is 8. The van der Waals surface area contributed by atoms with Crippen molar-refractivity contribution in [1.29, 1.82) is 0 Å². The minimum absolute atomic E-state index is 0.476. The van der Waals surface area contributed by atoms with Crippen LogP contribution in [0.3, 0.4) is 0 Å². The van der Waals surface area contributed by atoms with Crippen LogP contribution in [-0.4, -0.2) is 47.8 Å². The third-order valence-electron chi connectivity index (χ3n) is 16.6. The zero-order valence-corrected chi connectivity index (χ0v) is 68.2. The van der Waals surface area contributed by atoms with Crippen LogP contribution in [0.4, 0.5) is 0 Å². The predicted octanol–water partition coefficient (Wildman–Crippen LogP) is 18.9. The number of halogens is 4. The van der Waals surface area contributed by atoms with Crippen LogP contribution in [0.15, 0.2) is 97.1 Å². The van der Waals surface area contributed by atoms with E-state index in [1.165, 1.54) is 0 Å². The molecule has 8 rings (SSSR count). The third-order valence-corrected chi connectivity index (χ3v) is 30.0. The molecular weight excluding hydrogens is 1650 g/mol. The summed E-state index contributed by atoms with van der Waals surface area (Å²) in [6.45, 7) is 42.3. The second-order valence-corrected chi connectivity index (χ2v) is 47.5. The van der Waals surface area contributed by atoms with Crippen LogP contribution < -0.4 is 0 Å². The summed E-state index contributed by atoms with van der Waals surface area (Å²) in [5.74, 6) is -3.81. The van der Waals surface area contributed by atoms with E-state index in [0.717, 1.165) is 22.3 Å². The molecule has 4 fully saturated rings. The van der Waals surface area contributed by atoms with Crippen LogP contribution in [0.2, 0.25) is 0 Å². The molecule has 0 spiro atoms. The summed E-state index contributed by atoms with van der Waals surface area (Å²) in [5.41, 5.74) is -5.26. The molecule has 4 aliphatic carbocycles. The fourth-order valence-corrected chi connectivity index (χ4v) is 25.7. The van der Waals surface area contributed by atoms with Gasteiger partial charge in [0.25, 0.3) is 0 Å². The Kier molecular flexibility index (Phi) is 22.4. The van der Waals surface area contributed by atoms with Crippen molar-refractivity contribution in [2.24, 2.45) is 43.3 Å². The molecule has 0 unspecified atom stereocenters. The Labute approximate surface area is 590 Å². The maximum absolute atomic E-state index is 13.7. The van der Waals surface area contributed by atoms with E-state index in [1.807, 2.05) is 48.5 Å². The molecule has 0 radical (unpaired) electrons. The first-order chi connectivity index (χ1) is 42.7. The van der Waals surface area contributed by atoms with Crippen molar-refractivity contribution in [3.63, 3.8) is 0 Å². The molecule has 0 atom stereocenters. The Bertz CT molecular complexity index is 2890. The van der Waals surface area contributed by atoms with E-state index >= 15 is 0 Å². The molecule has 4 aliphatic rings. The maximum atomic E-state index is 13.7.